The molecular formula is C26H36O3. The van der Waals surface area contributed by atoms with Crippen LogP contribution in [0.5, 0.6) is 11.5 Å². The van der Waals surface area contributed by atoms with Gasteiger partial charge in [-0.25, -0.2) is 0 Å². The zero-order valence-electron chi connectivity index (χ0n) is 19.3. The maximum Gasteiger partial charge on any atom is 0.308 e. The van der Waals surface area contributed by atoms with Gasteiger partial charge in [-0.2, -0.15) is 0 Å². The van der Waals surface area contributed by atoms with Gasteiger partial charge in [-0.15, -0.1) is 0 Å². The molecule has 0 aromatic heterocycles. The molecule has 2 unspecified atom stereocenters. The lowest BCUT2D eigenvalue weighted by atomic mass is 9.75. The van der Waals surface area contributed by atoms with Crippen molar-refractivity contribution in [3.63, 3.8) is 0 Å². The number of hydrogen-bond acceptors (Lipinski definition) is 3. The van der Waals surface area contributed by atoms with Gasteiger partial charge < -0.3 is 9.47 Å². The molecule has 0 aliphatic heterocycles. The van der Waals surface area contributed by atoms with Crippen molar-refractivity contribution in [3.05, 3.63) is 58.7 Å². The van der Waals surface area contributed by atoms with E-state index < -0.39 is 0 Å². The molecule has 0 saturated heterocycles. The van der Waals surface area contributed by atoms with Gasteiger partial charge in [0.25, 0.3) is 0 Å². The van der Waals surface area contributed by atoms with E-state index in [1.165, 1.54) is 23.6 Å². The normalized spacial score (nSPS) is 13.7. The molecule has 0 amide bonds. The zero-order valence-corrected chi connectivity index (χ0v) is 19.3. The average molecular weight is 397 g/mol. The molecule has 0 radical (unpaired) electrons. The summed E-state index contributed by atoms with van der Waals surface area (Å²) >= 11 is 0. The van der Waals surface area contributed by atoms with Crippen LogP contribution in [-0.4, -0.2) is 13.1 Å². The summed E-state index contributed by atoms with van der Waals surface area (Å²) in [6.07, 6.45) is 2.05. The number of esters is 1. The van der Waals surface area contributed by atoms with Crippen molar-refractivity contribution in [2.24, 2.45) is 0 Å². The molecular weight excluding hydrogens is 360 g/mol. The van der Waals surface area contributed by atoms with E-state index in [0.717, 1.165) is 24.2 Å². The van der Waals surface area contributed by atoms with Crippen molar-refractivity contribution in [1.29, 1.82) is 0 Å². The third kappa shape index (κ3) is 5.01. The quantitative estimate of drug-likeness (QED) is 0.357. The fourth-order valence-electron chi connectivity index (χ4n) is 3.68. The Morgan fingerprint density at radius 2 is 1.34 bits per heavy atom. The molecule has 0 saturated carbocycles. The summed E-state index contributed by atoms with van der Waals surface area (Å²) in [6, 6.07) is 12.8. The highest BCUT2D eigenvalue weighted by Gasteiger charge is 2.27. The maximum atomic E-state index is 11.5. The van der Waals surface area contributed by atoms with Crippen LogP contribution in [0.4, 0.5) is 0 Å². The summed E-state index contributed by atoms with van der Waals surface area (Å²) in [5, 5.41) is 0. The molecule has 2 atom stereocenters. The first-order chi connectivity index (χ1) is 13.6. The smallest absolute Gasteiger partial charge is 0.308 e. The summed E-state index contributed by atoms with van der Waals surface area (Å²) in [5.74, 6) is 2.08. The molecule has 2 rings (SSSR count). The van der Waals surface area contributed by atoms with Gasteiger partial charge in [0.05, 0.1) is 7.11 Å². The van der Waals surface area contributed by atoms with Crippen LogP contribution in [0.3, 0.4) is 0 Å². The predicted octanol–water partition coefficient (Wildman–Crippen LogP) is 6.97. The summed E-state index contributed by atoms with van der Waals surface area (Å²) in [4.78, 5) is 11.5. The fourth-order valence-corrected chi connectivity index (χ4v) is 3.68. The van der Waals surface area contributed by atoms with Crippen LogP contribution in [0.2, 0.25) is 0 Å². The molecule has 3 nitrogen and oxygen atoms in total. The summed E-state index contributed by atoms with van der Waals surface area (Å²) < 4.78 is 11.1. The number of benzene rings is 2. The number of carbonyl (C=O) groups excluding carboxylic acids is 1. The lowest BCUT2D eigenvalue weighted by Gasteiger charge is -2.29. The maximum absolute atomic E-state index is 11.5. The van der Waals surface area contributed by atoms with Gasteiger partial charge in [0, 0.05) is 12.3 Å². The number of methoxy groups -OCH3 is 1. The minimum Gasteiger partial charge on any atom is -0.496 e. The Bertz CT molecular complexity index is 851. The highest BCUT2D eigenvalue weighted by atomic mass is 16.5. The second kappa shape index (κ2) is 9.47. The van der Waals surface area contributed by atoms with Crippen molar-refractivity contribution in [2.75, 3.05) is 7.11 Å². The van der Waals surface area contributed by atoms with Gasteiger partial charge in [-0.1, -0.05) is 65.8 Å². The van der Waals surface area contributed by atoms with Gasteiger partial charge in [-0.3, -0.25) is 4.79 Å². The molecule has 0 spiro atoms. The molecule has 0 heterocycles. The molecule has 0 N–H and O–H groups in total. The molecule has 158 valence electrons. The second-order valence-electron chi connectivity index (χ2n) is 8.55. The molecule has 29 heavy (non-hydrogen) atoms. The van der Waals surface area contributed by atoms with Crippen LogP contribution in [-0.2, 0) is 10.2 Å². The number of ether oxygens (including phenoxy) is 2. The average Bonchev–Trinajstić information content (AvgIpc) is 2.71. The van der Waals surface area contributed by atoms with E-state index in [9.17, 15) is 4.79 Å². The lowest BCUT2D eigenvalue weighted by molar-refractivity contribution is -0.131. The summed E-state index contributed by atoms with van der Waals surface area (Å²) in [5.41, 5.74) is 4.61. The van der Waals surface area contributed by atoms with Gasteiger partial charge >= 0.3 is 5.97 Å². The first kappa shape index (κ1) is 23.0. The van der Waals surface area contributed by atoms with E-state index in [1.807, 2.05) is 6.07 Å². The highest BCUT2D eigenvalue weighted by molar-refractivity contribution is 5.70. The zero-order chi connectivity index (χ0) is 21.8. The minimum absolute atomic E-state index is 0.189. The van der Waals surface area contributed by atoms with Gasteiger partial charge in [-0.05, 0) is 59.1 Å². The Hall–Kier alpha value is -2.29. The third-order valence-electron chi connectivity index (χ3n) is 6.22. The summed E-state index contributed by atoms with van der Waals surface area (Å²) in [7, 11) is 1.73. The van der Waals surface area contributed by atoms with Crippen LogP contribution >= 0.6 is 0 Å². The van der Waals surface area contributed by atoms with E-state index in [2.05, 4.69) is 71.9 Å². The standard InChI is InChI=1S/C26H36O3/c1-9-17(3)22-15-20(11-13-24(22)28-8)26(6,7)21-12-14-25(29-19(5)27)23(16-21)18(4)10-2/h11-18H,9-10H2,1-8H3. The van der Waals surface area contributed by atoms with Crippen LogP contribution in [0.25, 0.3) is 0 Å². The Morgan fingerprint density at radius 1 is 0.897 bits per heavy atom. The van der Waals surface area contributed by atoms with E-state index in [-0.39, 0.29) is 11.4 Å². The van der Waals surface area contributed by atoms with Crippen molar-refractivity contribution in [3.8, 4) is 11.5 Å². The SMILES string of the molecule is CCC(C)c1cc(C(C)(C)c2ccc(OC(C)=O)c(C(C)CC)c2)ccc1OC. The number of carbonyl (C=O) groups is 1. The summed E-state index contributed by atoms with van der Waals surface area (Å²) in [6.45, 7) is 14.7. The van der Waals surface area contributed by atoms with Crippen LogP contribution in [0.1, 0.15) is 95.4 Å². The fraction of sp³-hybridized carbons (Fsp3) is 0.500. The Morgan fingerprint density at radius 3 is 1.76 bits per heavy atom. The van der Waals surface area contributed by atoms with E-state index in [4.69, 9.17) is 9.47 Å². The minimum atomic E-state index is -0.282. The number of hydrogen-bond donors (Lipinski definition) is 0. The Kier molecular flexibility index (Phi) is 7.51. The third-order valence-corrected chi connectivity index (χ3v) is 6.22. The van der Waals surface area contributed by atoms with Gasteiger partial charge in [0.15, 0.2) is 0 Å². The molecule has 0 aliphatic rings. The van der Waals surface area contributed by atoms with Crippen LogP contribution in [0, 0.1) is 0 Å². The van der Waals surface area contributed by atoms with E-state index in [1.54, 1.807) is 7.11 Å². The Balaban J connectivity index is 2.56. The molecule has 3 heteroatoms. The second-order valence-corrected chi connectivity index (χ2v) is 8.55. The number of rotatable bonds is 8. The first-order valence-electron chi connectivity index (χ1n) is 10.7. The van der Waals surface area contributed by atoms with Gasteiger partial charge in [0.1, 0.15) is 11.5 Å². The topological polar surface area (TPSA) is 35.5 Å². The molecule has 0 fully saturated rings. The van der Waals surface area contributed by atoms with Crippen LogP contribution in [0.15, 0.2) is 36.4 Å². The lowest BCUT2D eigenvalue weighted by Crippen LogP contribution is -2.20. The molecule has 0 bridgehead atoms. The first-order valence-corrected chi connectivity index (χ1v) is 10.7. The van der Waals surface area contributed by atoms with Crippen molar-refractivity contribution in [1.82, 2.24) is 0 Å². The predicted molar refractivity (Wildman–Crippen MR) is 120 cm³/mol. The monoisotopic (exact) mass is 396 g/mol. The highest BCUT2D eigenvalue weighted by Crippen LogP contribution is 2.40. The molecule has 0 aliphatic carbocycles. The van der Waals surface area contributed by atoms with Crippen molar-refractivity contribution < 1.29 is 14.3 Å². The van der Waals surface area contributed by atoms with Gasteiger partial charge in [0.2, 0.25) is 0 Å². The van der Waals surface area contributed by atoms with Crippen LogP contribution < -0.4 is 9.47 Å². The molecule has 2 aromatic carbocycles. The van der Waals surface area contributed by atoms with E-state index >= 15 is 0 Å². The van der Waals surface area contributed by atoms with E-state index in [0.29, 0.717) is 17.6 Å². The van der Waals surface area contributed by atoms with Crippen molar-refractivity contribution >= 4 is 5.97 Å². The Labute approximate surface area is 176 Å². The molecule has 2 aromatic rings. The largest absolute Gasteiger partial charge is 0.496 e. The van der Waals surface area contributed by atoms with Crippen molar-refractivity contribution in [2.45, 2.75) is 78.6 Å².